The summed E-state index contributed by atoms with van der Waals surface area (Å²) in [5.41, 5.74) is 5.54. The zero-order chi connectivity index (χ0) is 18.4. The SMILES string of the molecule is BC1=CC=CC(c2ccc3c(c2)c2ccccc2n3C2C=CC=CC2C)C1. The van der Waals surface area contributed by atoms with Gasteiger partial charge in [-0.2, -0.15) is 0 Å². The van der Waals surface area contributed by atoms with Gasteiger partial charge in [0.25, 0.3) is 0 Å². The van der Waals surface area contributed by atoms with Gasteiger partial charge in [0.05, 0.1) is 6.04 Å². The smallest absolute Gasteiger partial charge is 0.133 e. The van der Waals surface area contributed by atoms with Crippen molar-refractivity contribution in [1.29, 1.82) is 0 Å². The Morgan fingerprint density at radius 1 is 0.889 bits per heavy atom. The van der Waals surface area contributed by atoms with Gasteiger partial charge in [-0.15, -0.1) is 5.47 Å². The number of aromatic nitrogens is 1. The molecule has 3 unspecified atom stereocenters. The van der Waals surface area contributed by atoms with Crippen molar-refractivity contribution in [1.82, 2.24) is 4.57 Å². The summed E-state index contributed by atoms with van der Waals surface area (Å²) in [5.74, 6) is 0.973. The summed E-state index contributed by atoms with van der Waals surface area (Å²) in [6, 6.07) is 16.3. The molecule has 0 saturated carbocycles. The molecule has 0 fully saturated rings. The Bertz CT molecular complexity index is 1140. The van der Waals surface area contributed by atoms with Crippen LogP contribution in [0.3, 0.4) is 0 Å². The van der Waals surface area contributed by atoms with Crippen molar-refractivity contribution < 1.29 is 0 Å². The molecule has 3 atom stereocenters. The van der Waals surface area contributed by atoms with Crippen molar-refractivity contribution in [3.05, 3.63) is 96.0 Å². The van der Waals surface area contributed by atoms with Crippen molar-refractivity contribution in [2.75, 3.05) is 0 Å². The topological polar surface area (TPSA) is 4.93 Å². The van der Waals surface area contributed by atoms with E-state index < -0.39 is 0 Å². The minimum absolute atomic E-state index is 0.364. The van der Waals surface area contributed by atoms with Crippen molar-refractivity contribution >= 4 is 29.7 Å². The molecule has 0 radical (unpaired) electrons. The fourth-order valence-corrected chi connectivity index (χ4v) is 4.67. The van der Waals surface area contributed by atoms with Gasteiger partial charge in [-0.1, -0.05) is 73.7 Å². The van der Waals surface area contributed by atoms with Gasteiger partial charge in [0.1, 0.15) is 7.85 Å². The first-order valence-corrected chi connectivity index (χ1v) is 9.94. The van der Waals surface area contributed by atoms with E-state index in [1.54, 1.807) is 0 Å². The lowest BCUT2D eigenvalue weighted by Gasteiger charge is -2.24. The first kappa shape index (κ1) is 16.4. The van der Waals surface area contributed by atoms with Crippen LogP contribution >= 0.6 is 0 Å². The second-order valence-corrected chi connectivity index (χ2v) is 7.99. The van der Waals surface area contributed by atoms with Crippen LogP contribution in [0.5, 0.6) is 0 Å². The normalized spacial score (nSPS) is 24.6. The third kappa shape index (κ3) is 2.71. The largest absolute Gasteiger partial charge is 0.333 e. The molecule has 5 rings (SSSR count). The van der Waals surface area contributed by atoms with Gasteiger partial charge in [-0.25, -0.2) is 0 Å². The van der Waals surface area contributed by atoms with Gasteiger partial charge in [0.15, 0.2) is 0 Å². The third-order valence-electron chi connectivity index (χ3n) is 6.10. The summed E-state index contributed by atoms with van der Waals surface area (Å²) >= 11 is 0. The van der Waals surface area contributed by atoms with Crippen LogP contribution < -0.4 is 0 Å². The quantitative estimate of drug-likeness (QED) is 0.526. The molecule has 2 heteroatoms. The van der Waals surface area contributed by atoms with E-state index in [-0.39, 0.29) is 0 Å². The zero-order valence-corrected chi connectivity index (χ0v) is 16.0. The highest BCUT2D eigenvalue weighted by Crippen LogP contribution is 2.38. The maximum Gasteiger partial charge on any atom is 0.133 e. The summed E-state index contributed by atoms with van der Waals surface area (Å²) in [6.45, 7) is 2.31. The van der Waals surface area contributed by atoms with E-state index in [1.807, 2.05) is 0 Å². The van der Waals surface area contributed by atoms with Gasteiger partial charge < -0.3 is 4.57 Å². The Kier molecular flexibility index (Phi) is 3.93. The molecule has 27 heavy (non-hydrogen) atoms. The van der Waals surface area contributed by atoms with E-state index in [4.69, 9.17) is 0 Å². The molecular formula is C25H24BN. The van der Waals surface area contributed by atoms with Crippen LogP contribution in [0.2, 0.25) is 0 Å². The molecular weight excluding hydrogens is 325 g/mol. The van der Waals surface area contributed by atoms with E-state index in [1.165, 1.54) is 32.8 Å². The molecule has 132 valence electrons. The molecule has 1 heterocycles. The summed E-state index contributed by atoms with van der Waals surface area (Å²) in [6.07, 6.45) is 16.9. The first-order chi connectivity index (χ1) is 13.2. The molecule has 0 N–H and O–H groups in total. The summed E-state index contributed by atoms with van der Waals surface area (Å²) in [5, 5.41) is 2.73. The molecule has 0 aliphatic heterocycles. The predicted molar refractivity (Wildman–Crippen MR) is 119 cm³/mol. The number of benzene rings is 2. The zero-order valence-electron chi connectivity index (χ0n) is 16.0. The fraction of sp³-hybridized carbons (Fsp3) is 0.200. The van der Waals surface area contributed by atoms with Gasteiger partial charge >= 0.3 is 0 Å². The van der Waals surface area contributed by atoms with E-state index in [0.717, 1.165) is 6.42 Å². The molecule has 3 aromatic rings. The van der Waals surface area contributed by atoms with Crippen LogP contribution in [-0.4, -0.2) is 12.4 Å². The number of para-hydroxylation sites is 1. The van der Waals surface area contributed by atoms with Crippen molar-refractivity contribution in [2.24, 2.45) is 5.92 Å². The average Bonchev–Trinajstić information content (AvgIpc) is 3.02. The maximum absolute atomic E-state index is 2.53. The van der Waals surface area contributed by atoms with Crippen LogP contribution in [0.4, 0.5) is 0 Å². The molecule has 0 amide bonds. The monoisotopic (exact) mass is 349 g/mol. The van der Waals surface area contributed by atoms with Gasteiger partial charge in [-0.3, -0.25) is 0 Å². The lowest BCUT2D eigenvalue weighted by atomic mass is 9.80. The third-order valence-corrected chi connectivity index (χ3v) is 6.10. The van der Waals surface area contributed by atoms with Crippen LogP contribution in [0.15, 0.2) is 90.5 Å². The predicted octanol–water partition coefficient (Wildman–Crippen LogP) is 5.66. The molecule has 2 aromatic carbocycles. The van der Waals surface area contributed by atoms with Gasteiger partial charge in [0.2, 0.25) is 0 Å². The lowest BCUT2D eigenvalue weighted by molar-refractivity contribution is 0.510. The lowest BCUT2D eigenvalue weighted by Crippen LogP contribution is -2.15. The number of fused-ring (bicyclic) bond motifs is 3. The second kappa shape index (κ2) is 6.46. The van der Waals surface area contributed by atoms with Crippen LogP contribution in [-0.2, 0) is 0 Å². The van der Waals surface area contributed by atoms with Gasteiger partial charge in [0, 0.05) is 27.7 Å². The minimum Gasteiger partial charge on any atom is -0.333 e. The number of allylic oxidation sites excluding steroid dienone is 8. The van der Waals surface area contributed by atoms with Gasteiger partial charge in [-0.05, 0) is 36.1 Å². The van der Waals surface area contributed by atoms with Crippen molar-refractivity contribution in [3.63, 3.8) is 0 Å². The van der Waals surface area contributed by atoms with E-state index in [2.05, 4.69) is 104 Å². The average molecular weight is 349 g/mol. The first-order valence-electron chi connectivity index (χ1n) is 9.94. The molecule has 0 spiro atoms. The molecule has 2 aliphatic rings. The Hall–Kier alpha value is -2.74. The maximum atomic E-state index is 2.53. The highest BCUT2D eigenvalue weighted by Gasteiger charge is 2.22. The minimum atomic E-state index is 0.364. The second-order valence-electron chi connectivity index (χ2n) is 7.99. The summed E-state index contributed by atoms with van der Waals surface area (Å²) < 4.78 is 2.53. The van der Waals surface area contributed by atoms with Crippen LogP contribution in [0.1, 0.15) is 30.9 Å². The molecule has 2 aliphatic carbocycles. The van der Waals surface area contributed by atoms with E-state index in [0.29, 0.717) is 17.9 Å². The standard InChI is InChI=1S/C25H24BN/c1-17-7-2-4-11-23(17)27-24-12-5-3-10-21(24)22-16-19(13-14-25(22)27)18-8-6-9-20(26)15-18/h2-14,16-18,23H,15,26H2,1H3. The summed E-state index contributed by atoms with van der Waals surface area (Å²) in [4.78, 5) is 0. The summed E-state index contributed by atoms with van der Waals surface area (Å²) in [7, 11) is 2.23. The number of rotatable bonds is 2. The Morgan fingerprint density at radius 2 is 1.70 bits per heavy atom. The van der Waals surface area contributed by atoms with Crippen LogP contribution in [0.25, 0.3) is 21.8 Å². The number of nitrogens with zero attached hydrogens (tertiary/aromatic N) is 1. The molecule has 1 aromatic heterocycles. The highest BCUT2D eigenvalue weighted by molar-refractivity contribution is 6.21. The Balaban J connectivity index is 1.71. The number of hydrogen-bond acceptors (Lipinski definition) is 0. The molecule has 1 nitrogen and oxygen atoms in total. The molecule has 0 bridgehead atoms. The van der Waals surface area contributed by atoms with Crippen molar-refractivity contribution in [3.8, 4) is 0 Å². The highest BCUT2D eigenvalue weighted by atomic mass is 15.0. The van der Waals surface area contributed by atoms with E-state index >= 15 is 0 Å². The van der Waals surface area contributed by atoms with Crippen LogP contribution in [0, 0.1) is 5.92 Å². The molecule has 0 saturated heterocycles. The fourth-order valence-electron chi connectivity index (χ4n) is 4.67. The number of hydrogen-bond donors (Lipinski definition) is 0. The van der Waals surface area contributed by atoms with Crippen molar-refractivity contribution in [2.45, 2.75) is 25.3 Å². The Morgan fingerprint density at radius 3 is 2.56 bits per heavy atom. The van der Waals surface area contributed by atoms with E-state index in [9.17, 15) is 0 Å². The Labute approximate surface area is 161 Å².